The zero-order chi connectivity index (χ0) is 21.4. The van der Waals surface area contributed by atoms with Crippen LogP contribution in [0.1, 0.15) is 32.8 Å². The van der Waals surface area contributed by atoms with Crippen LogP contribution >= 0.6 is 27.5 Å². The highest BCUT2D eigenvalue weighted by atomic mass is 79.9. The molecule has 1 N–H and O–H groups in total. The van der Waals surface area contributed by atoms with Crippen molar-refractivity contribution in [3.63, 3.8) is 0 Å². The molecule has 2 aromatic carbocycles. The molecule has 2 aromatic rings. The van der Waals surface area contributed by atoms with Crippen LogP contribution in [0.3, 0.4) is 0 Å². The van der Waals surface area contributed by atoms with Crippen molar-refractivity contribution >= 4 is 39.3 Å². The summed E-state index contributed by atoms with van der Waals surface area (Å²) in [5.74, 6) is 0.129. The number of rotatable bonds is 9. The Morgan fingerprint density at radius 1 is 1.10 bits per heavy atom. The van der Waals surface area contributed by atoms with Gasteiger partial charge in [-0.2, -0.15) is 0 Å². The van der Waals surface area contributed by atoms with Crippen LogP contribution < -0.4 is 10.1 Å². The third-order valence-corrected chi connectivity index (χ3v) is 5.39. The van der Waals surface area contributed by atoms with Crippen LogP contribution in [0.15, 0.2) is 53.0 Å². The average molecular weight is 482 g/mol. The predicted octanol–water partition coefficient (Wildman–Crippen LogP) is 4.81. The molecular formula is C22H26BrClN2O3. The van der Waals surface area contributed by atoms with Gasteiger partial charge < -0.3 is 15.0 Å². The molecule has 0 saturated heterocycles. The molecule has 156 valence electrons. The van der Waals surface area contributed by atoms with Gasteiger partial charge in [0, 0.05) is 22.1 Å². The number of halogens is 2. The molecule has 0 saturated carbocycles. The Morgan fingerprint density at radius 2 is 1.72 bits per heavy atom. The van der Waals surface area contributed by atoms with E-state index in [0.717, 1.165) is 16.5 Å². The van der Waals surface area contributed by atoms with E-state index in [1.165, 1.54) is 4.90 Å². The number of ether oxygens (including phenoxy) is 1. The maximum Gasteiger partial charge on any atom is 0.261 e. The minimum absolute atomic E-state index is 0.0384. The van der Waals surface area contributed by atoms with E-state index in [1.54, 1.807) is 31.2 Å². The molecule has 0 spiro atoms. The summed E-state index contributed by atoms with van der Waals surface area (Å²) in [6, 6.07) is 13.9. The second-order valence-electron chi connectivity index (χ2n) is 6.88. The number of carbonyl (C=O) groups is 2. The lowest BCUT2D eigenvalue weighted by Crippen LogP contribution is -2.50. The van der Waals surface area contributed by atoms with Gasteiger partial charge in [-0.1, -0.05) is 46.6 Å². The molecule has 2 amide bonds. The largest absolute Gasteiger partial charge is 0.484 e. The number of carbonyl (C=O) groups excluding carboxylic acids is 2. The van der Waals surface area contributed by atoms with Crippen molar-refractivity contribution in [2.24, 2.45) is 0 Å². The monoisotopic (exact) mass is 480 g/mol. The fourth-order valence-corrected chi connectivity index (χ4v) is 2.98. The van der Waals surface area contributed by atoms with E-state index in [-0.39, 0.29) is 31.0 Å². The highest BCUT2D eigenvalue weighted by Gasteiger charge is 2.27. The number of nitrogens with zero attached hydrogens (tertiary/aromatic N) is 1. The topological polar surface area (TPSA) is 58.6 Å². The zero-order valence-corrected chi connectivity index (χ0v) is 19.2. The highest BCUT2D eigenvalue weighted by molar-refractivity contribution is 9.10. The Balaban J connectivity index is 2.13. The van der Waals surface area contributed by atoms with Gasteiger partial charge in [-0.25, -0.2) is 0 Å². The minimum atomic E-state index is -0.638. The number of amides is 2. The Kier molecular flexibility index (Phi) is 8.99. The van der Waals surface area contributed by atoms with Crippen LogP contribution in [0.2, 0.25) is 5.02 Å². The van der Waals surface area contributed by atoms with Crippen molar-refractivity contribution in [1.29, 1.82) is 0 Å². The van der Waals surface area contributed by atoms with Crippen LogP contribution in [-0.4, -0.2) is 35.4 Å². The molecule has 2 atom stereocenters. The van der Waals surface area contributed by atoms with E-state index < -0.39 is 6.04 Å². The molecule has 0 aromatic heterocycles. The van der Waals surface area contributed by atoms with Crippen molar-refractivity contribution in [2.75, 3.05) is 6.61 Å². The number of benzene rings is 2. The van der Waals surface area contributed by atoms with Gasteiger partial charge in [0.25, 0.3) is 5.91 Å². The summed E-state index contributed by atoms with van der Waals surface area (Å²) in [7, 11) is 0. The van der Waals surface area contributed by atoms with Crippen molar-refractivity contribution in [1.82, 2.24) is 10.2 Å². The fourth-order valence-electron chi connectivity index (χ4n) is 2.59. The summed E-state index contributed by atoms with van der Waals surface area (Å²) in [5.41, 5.74) is 0.884. The van der Waals surface area contributed by atoms with Gasteiger partial charge in [0.2, 0.25) is 5.91 Å². The van der Waals surface area contributed by atoms with Crippen LogP contribution in [-0.2, 0) is 16.1 Å². The second-order valence-corrected chi connectivity index (χ2v) is 8.24. The number of hydrogen-bond donors (Lipinski definition) is 1. The van der Waals surface area contributed by atoms with Gasteiger partial charge in [-0.05, 0) is 62.2 Å². The maximum atomic E-state index is 12.9. The van der Waals surface area contributed by atoms with E-state index in [9.17, 15) is 9.59 Å². The van der Waals surface area contributed by atoms with E-state index in [1.807, 2.05) is 38.1 Å². The molecule has 0 aliphatic heterocycles. The summed E-state index contributed by atoms with van der Waals surface area (Å²) in [4.78, 5) is 27.1. The quantitative estimate of drug-likeness (QED) is 0.559. The summed E-state index contributed by atoms with van der Waals surface area (Å²) in [6.07, 6.45) is 0.816. The molecule has 0 radical (unpaired) electrons. The third-order valence-electron chi connectivity index (χ3n) is 4.61. The molecule has 0 fully saturated rings. The van der Waals surface area contributed by atoms with Crippen LogP contribution in [0.4, 0.5) is 0 Å². The number of nitrogens with one attached hydrogen (secondary N) is 1. The molecule has 0 bridgehead atoms. The molecule has 2 rings (SSSR count). The Morgan fingerprint density at radius 3 is 2.31 bits per heavy atom. The molecule has 29 heavy (non-hydrogen) atoms. The Labute approximate surface area is 185 Å². The van der Waals surface area contributed by atoms with E-state index >= 15 is 0 Å². The molecule has 0 unspecified atom stereocenters. The van der Waals surface area contributed by atoms with Crippen LogP contribution in [0.25, 0.3) is 0 Å². The van der Waals surface area contributed by atoms with E-state index in [4.69, 9.17) is 16.3 Å². The predicted molar refractivity (Wildman–Crippen MR) is 119 cm³/mol. The molecule has 5 nitrogen and oxygen atoms in total. The summed E-state index contributed by atoms with van der Waals surface area (Å²) in [5, 5.41) is 3.56. The van der Waals surface area contributed by atoms with Crippen molar-refractivity contribution in [3.05, 3.63) is 63.6 Å². The first-order chi connectivity index (χ1) is 13.8. The third kappa shape index (κ3) is 7.37. The smallest absolute Gasteiger partial charge is 0.261 e. The maximum absolute atomic E-state index is 12.9. The lowest BCUT2D eigenvalue weighted by Gasteiger charge is -2.29. The van der Waals surface area contributed by atoms with Crippen molar-refractivity contribution in [3.8, 4) is 5.75 Å². The zero-order valence-electron chi connectivity index (χ0n) is 16.8. The molecule has 7 heteroatoms. The lowest BCUT2D eigenvalue weighted by atomic mass is 10.1. The standard InChI is InChI=1S/C22H26BrClN2O3/c1-4-15(2)25-22(28)16(3)26(13-17-5-9-19(24)10-6-17)21(27)14-29-20-11-7-18(23)8-12-20/h5-12,15-16H,4,13-14H2,1-3H3,(H,25,28)/t15-,16-/m0/s1. The Hall–Kier alpha value is -2.05. The van der Waals surface area contributed by atoms with Gasteiger partial charge in [-0.15, -0.1) is 0 Å². The first-order valence-corrected chi connectivity index (χ1v) is 10.7. The lowest BCUT2D eigenvalue weighted by molar-refractivity contribution is -0.142. The number of hydrogen-bond acceptors (Lipinski definition) is 3. The SMILES string of the molecule is CC[C@H](C)NC(=O)[C@H](C)N(Cc1ccc(Cl)cc1)C(=O)COc1ccc(Br)cc1. The minimum Gasteiger partial charge on any atom is -0.484 e. The van der Waals surface area contributed by atoms with Gasteiger partial charge in [0.1, 0.15) is 11.8 Å². The Bertz CT molecular complexity index is 812. The molecule has 0 heterocycles. The second kappa shape index (κ2) is 11.2. The van der Waals surface area contributed by atoms with E-state index in [2.05, 4.69) is 21.2 Å². The van der Waals surface area contributed by atoms with Crippen molar-refractivity contribution < 1.29 is 14.3 Å². The van der Waals surface area contributed by atoms with Crippen LogP contribution in [0, 0.1) is 0 Å². The first-order valence-electron chi connectivity index (χ1n) is 9.52. The fraction of sp³-hybridized carbons (Fsp3) is 0.364. The van der Waals surface area contributed by atoms with E-state index in [0.29, 0.717) is 10.8 Å². The normalized spacial score (nSPS) is 12.7. The summed E-state index contributed by atoms with van der Waals surface area (Å²) >= 11 is 9.32. The van der Waals surface area contributed by atoms with Crippen molar-refractivity contribution in [2.45, 2.75) is 45.8 Å². The van der Waals surface area contributed by atoms with Gasteiger partial charge in [-0.3, -0.25) is 9.59 Å². The van der Waals surface area contributed by atoms with Crippen LogP contribution in [0.5, 0.6) is 5.75 Å². The van der Waals surface area contributed by atoms with Gasteiger partial charge in [0.15, 0.2) is 6.61 Å². The summed E-state index contributed by atoms with van der Waals surface area (Å²) in [6.45, 7) is 5.79. The average Bonchev–Trinajstić information content (AvgIpc) is 2.72. The molecule has 0 aliphatic rings. The molecular weight excluding hydrogens is 456 g/mol. The summed E-state index contributed by atoms with van der Waals surface area (Å²) < 4.78 is 6.55. The van der Waals surface area contributed by atoms with Gasteiger partial charge in [0.05, 0.1) is 0 Å². The molecule has 0 aliphatic carbocycles. The first kappa shape index (κ1) is 23.2. The van der Waals surface area contributed by atoms with Gasteiger partial charge >= 0.3 is 0 Å². The highest BCUT2D eigenvalue weighted by Crippen LogP contribution is 2.17.